The van der Waals surface area contributed by atoms with Crippen LogP contribution in [0.4, 0.5) is 30.6 Å². The Morgan fingerprint density at radius 2 is 1.92 bits per heavy atom. The lowest BCUT2D eigenvalue weighted by Crippen LogP contribution is -2.07. The number of alkyl halides is 3. The van der Waals surface area contributed by atoms with Crippen molar-refractivity contribution in [2.24, 2.45) is 0 Å². The molecule has 2 N–H and O–H groups in total. The van der Waals surface area contributed by atoms with Crippen LogP contribution in [0.3, 0.4) is 0 Å². The molecule has 0 aliphatic carbocycles. The lowest BCUT2D eigenvalue weighted by atomic mass is 10.2. The molecule has 3 aromatic rings. The third-order valence-corrected chi connectivity index (χ3v) is 3.19. The number of halogens is 3. The SMILES string of the molecule is FC(F)(F)c1cccc(Nc2cnnc(NCc3cccnc3)n2)c1. The Labute approximate surface area is 141 Å². The summed E-state index contributed by atoms with van der Waals surface area (Å²) in [6.07, 6.45) is 0.292. The fourth-order valence-corrected chi connectivity index (χ4v) is 2.04. The number of anilines is 3. The molecule has 2 aromatic heterocycles. The molecule has 3 rings (SSSR count). The lowest BCUT2D eigenvalue weighted by molar-refractivity contribution is -0.137. The zero-order valence-corrected chi connectivity index (χ0v) is 12.8. The molecule has 0 saturated carbocycles. The van der Waals surface area contributed by atoms with Crippen LogP contribution in [-0.2, 0) is 12.7 Å². The second kappa shape index (κ2) is 7.12. The van der Waals surface area contributed by atoms with Gasteiger partial charge in [-0.2, -0.15) is 23.3 Å². The Bertz CT molecular complexity index is 839. The van der Waals surface area contributed by atoms with Crippen molar-refractivity contribution >= 4 is 17.5 Å². The lowest BCUT2D eigenvalue weighted by Gasteiger charge is -2.10. The maximum atomic E-state index is 12.8. The number of pyridine rings is 1. The summed E-state index contributed by atoms with van der Waals surface area (Å²) in [4.78, 5) is 8.18. The van der Waals surface area contributed by atoms with E-state index in [1.807, 2.05) is 12.1 Å². The summed E-state index contributed by atoms with van der Waals surface area (Å²) >= 11 is 0. The molecule has 0 aliphatic heterocycles. The molecule has 0 bridgehead atoms. The number of aromatic nitrogens is 4. The number of hydrogen-bond acceptors (Lipinski definition) is 6. The average Bonchev–Trinajstić information content (AvgIpc) is 2.61. The van der Waals surface area contributed by atoms with Gasteiger partial charge in [-0.3, -0.25) is 4.98 Å². The summed E-state index contributed by atoms with van der Waals surface area (Å²) in [5.74, 6) is 0.531. The fourth-order valence-electron chi connectivity index (χ4n) is 2.04. The zero-order chi connectivity index (χ0) is 17.7. The Balaban J connectivity index is 1.69. The van der Waals surface area contributed by atoms with Gasteiger partial charge < -0.3 is 10.6 Å². The van der Waals surface area contributed by atoms with Crippen LogP contribution < -0.4 is 10.6 Å². The minimum Gasteiger partial charge on any atom is -0.349 e. The van der Waals surface area contributed by atoms with E-state index in [0.717, 1.165) is 17.7 Å². The average molecular weight is 346 g/mol. The van der Waals surface area contributed by atoms with Gasteiger partial charge in [-0.05, 0) is 29.8 Å². The summed E-state index contributed by atoms with van der Waals surface area (Å²) in [6.45, 7) is 0.447. The molecule has 0 amide bonds. The molecule has 1 aromatic carbocycles. The molecule has 25 heavy (non-hydrogen) atoms. The van der Waals surface area contributed by atoms with Crippen LogP contribution in [0.2, 0.25) is 0 Å². The van der Waals surface area contributed by atoms with Crippen molar-refractivity contribution in [3.05, 3.63) is 66.1 Å². The van der Waals surface area contributed by atoms with Gasteiger partial charge in [0.25, 0.3) is 0 Å². The van der Waals surface area contributed by atoms with E-state index in [-0.39, 0.29) is 17.5 Å². The van der Waals surface area contributed by atoms with E-state index < -0.39 is 11.7 Å². The van der Waals surface area contributed by atoms with Crippen molar-refractivity contribution in [1.29, 1.82) is 0 Å². The molecule has 0 aliphatic rings. The highest BCUT2D eigenvalue weighted by Gasteiger charge is 2.30. The number of nitrogens with zero attached hydrogens (tertiary/aromatic N) is 4. The molecule has 9 heteroatoms. The van der Waals surface area contributed by atoms with Gasteiger partial charge in [0.1, 0.15) is 0 Å². The Morgan fingerprint density at radius 3 is 2.68 bits per heavy atom. The maximum absolute atomic E-state index is 12.8. The third-order valence-electron chi connectivity index (χ3n) is 3.19. The van der Waals surface area contributed by atoms with Crippen molar-refractivity contribution < 1.29 is 13.2 Å². The molecule has 0 saturated heterocycles. The first-order valence-electron chi connectivity index (χ1n) is 7.27. The standard InChI is InChI=1S/C16H13F3N6/c17-16(18,19)12-4-1-5-13(7-12)23-14-10-22-25-15(24-14)21-9-11-3-2-6-20-8-11/h1-8,10H,9H2,(H2,21,23,24,25). The molecule has 2 heterocycles. The summed E-state index contributed by atoms with van der Waals surface area (Å²) in [6, 6.07) is 8.54. The van der Waals surface area contributed by atoms with Crippen LogP contribution in [0.1, 0.15) is 11.1 Å². The second-order valence-corrected chi connectivity index (χ2v) is 5.08. The largest absolute Gasteiger partial charge is 0.416 e. The highest BCUT2D eigenvalue weighted by atomic mass is 19.4. The number of nitrogens with one attached hydrogen (secondary N) is 2. The van der Waals surface area contributed by atoms with Crippen molar-refractivity contribution in [2.45, 2.75) is 12.7 Å². The fraction of sp³-hybridized carbons (Fsp3) is 0.125. The predicted molar refractivity (Wildman–Crippen MR) is 86.1 cm³/mol. The van der Waals surface area contributed by atoms with Gasteiger partial charge in [0.15, 0.2) is 5.82 Å². The second-order valence-electron chi connectivity index (χ2n) is 5.08. The molecule has 6 nitrogen and oxygen atoms in total. The molecular formula is C16H13F3N6. The van der Waals surface area contributed by atoms with E-state index in [1.165, 1.54) is 18.3 Å². The van der Waals surface area contributed by atoms with Crippen LogP contribution in [0.5, 0.6) is 0 Å². The quantitative estimate of drug-likeness (QED) is 0.735. The Morgan fingerprint density at radius 1 is 1.04 bits per heavy atom. The van der Waals surface area contributed by atoms with Crippen LogP contribution in [-0.4, -0.2) is 20.2 Å². The van der Waals surface area contributed by atoms with Gasteiger partial charge in [0, 0.05) is 24.6 Å². The number of rotatable bonds is 5. The molecule has 0 spiro atoms. The molecule has 0 radical (unpaired) electrons. The van der Waals surface area contributed by atoms with E-state index >= 15 is 0 Å². The van der Waals surface area contributed by atoms with Crippen molar-refractivity contribution in [3.63, 3.8) is 0 Å². The van der Waals surface area contributed by atoms with Crippen molar-refractivity contribution in [2.75, 3.05) is 10.6 Å². The van der Waals surface area contributed by atoms with Crippen LogP contribution in [0.15, 0.2) is 55.0 Å². The van der Waals surface area contributed by atoms with E-state index in [2.05, 4.69) is 30.8 Å². The topological polar surface area (TPSA) is 75.6 Å². The van der Waals surface area contributed by atoms with Gasteiger partial charge in [0.05, 0.1) is 11.8 Å². The first-order valence-corrected chi connectivity index (χ1v) is 7.27. The highest BCUT2D eigenvalue weighted by molar-refractivity contribution is 5.57. The van der Waals surface area contributed by atoms with E-state index in [0.29, 0.717) is 6.54 Å². The van der Waals surface area contributed by atoms with Crippen LogP contribution in [0, 0.1) is 0 Å². The zero-order valence-electron chi connectivity index (χ0n) is 12.8. The van der Waals surface area contributed by atoms with Crippen molar-refractivity contribution in [1.82, 2.24) is 20.2 Å². The van der Waals surface area contributed by atoms with Gasteiger partial charge in [-0.25, -0.2) is 0 Å². The molecular weight excluding hydrogens is 333 g/mol. The predicted octanol–water partition coefficient (Wildman–Crippen LogP) is 3.64. The smallest absolute Gasteiger partial charge is 0.349 e. The van der Waals surface area contributed by atoms with Crippen molar-refractivity contribution in [3.8, 4) is 0 Å². The van der Waals surface area contributed by atoms with Gasteiger partial charge >= 0.3 is 6.18 Å². The minimum atomic E-state index is -4.40. The van der Waals surface area contributed by atoms with E-state index in [9.17, 15) is 13.2 Å². The van der Waals surface area contributed by atoms with Gasteiger partial charge in [-0.15, -0.1) is 5.10 Å². The highest BCUT2D eigenvalue weighted by Crippen LogP contribution is 2.31. The summed E-state index contributed by atoms with van der Waals surface area (Å²) in [5, 5.41) is 13.4. The number of hydrogen-bond donors (Lipinski definition) is 2. The van der Waals surface area contributed by atoms with Crippen LogP contribution in [0.25, 0.3) is 0 Å². The Hall–Kier alpha value is -3.23. The maximum Gasteiger partial charge on any atom is 0.416 e. The van der Waals surface area contributed by atoms with E-state index in [1.54, 1.807) is 12.4 Å². The summed E-state index contributed by atoms with van der Waals surface area (Å²) < 4.78 is 38.3. The summed E-state index contributed by atoms with van der Waals surface area (Å²) in [5.41, 5.74) is 0.449. The molecule has 0 atom stereocenters. The Kier molecular flexibility index (Phi) is 4.73. The van der Waals surface area contributed by atoms with Gasteiger partial charge in [-0.1, -0.05) is 12.1 Å². The summed E-state index contributed by atoms with van der Waals surface area (Å²) in [7, 11) is 0. The first kappa shape index (κ1) is 16.6. The normalized spacial score (nSPS) is 11.2. The van der Waals surface area contributed by atoms with Gasteiger partial charge in [0.2, 0.25) is 5.95 Å². The molecule has 0 fully saturated rings. The monoisotopic (exact) mass is 346 g/mol. The van der Waals surface area contributed by atoms with Crippen LogP contribution >= 0.6 is 0 Å². The molecule has 0 unspecified atom stereocenters. The third kappa shape index (κ3) is 4.63. The van der Waals surface area contributed by atoms with E-state index in [4.69, 9.17) is 0 Å². The number of benzene rings is 1. The molecule has 128 valence electrons. The first-order chi connectivity index (χ1) is 12.0. The minimum absolute atomic E-state index is 0.251.